The number of amides is 3. The lowest BCUT2D eigenvalue weighted by Gasteiger charge is -2.21. The van der Waals surface area contributed by atoms with Gasteiger partial charge in [-0.3, -0.25) is 23.2 Å². The Morgan fingerprint density at radius 2 is 1.48 bits per heavy atom. The van der Waals surface area contributed by atoms with Gasteiger partial charge in [-0.15, -0.1) is 0 Å². The predicted octanol–water partition coefficient (Wildman–Crippen LogP) is 2.82. The second kappa shape index (κ2) is 34.8. The van der Waals surface area contributed by atoms with E-state index in [-0.39, 0.29) is 61.3 Å². The number of unbranched alkanes of at least 4 members (excludes halogenated alkanes) is 1. The molecule has 27 nitrogen and oxygen atoms in total. The number of aliphatic hydroxyl groups excluding tert-OH is 1. The lowest BCUT2D eigenvalue weighted by molar-refractivity contribution is -0.121. The molecule has 1 aromatic carbocycles. The first-order valence-electron chi connectivity index (χ1n) is 25.6. The third-order valence-electron chi connectivity index (χ3n) is 11.9. The molecule has 3 amide bonds. The number of anilines is 1. The SMILES string of the molecule is CCOCCOCCC(=O)CCCOc1ccc(COC(=O)NCCCc2cn([C@@H]3O[C@H](COP(=O)(O)O)C(OP(=O)(O)O)[C@@H]3O)c(=O)nc2N)cc1.CCOCCOCCCC(=O)CCCC[C@@H]1SC[C@@H]2NC(=O)N[C@@H]21. The third-order valence-corrected chi connectivity index (χ3v) is 14.4. The molecule has 7 atom stereocenters. The number of aliphatic hydroxyl groups is 1. The van der Waals surface area contributed by atoms with E-state index in [4.69, 9.17) is 48.7 Å². The Morgan fingerprint density at radius 3 is 2.16 bits per heavy atom. The molecule has 2 aromatic rings. The number of carbonyl (C=O) groups excluding carboxylic acids is 4. The molecule has 0 bridgehead atoms. The molecule has 3 aliphatic heterocycles. The molecule has 30 heteroatoms. The predicted molar refractivity (Wildman–Crippen MR) is 278 cm³/mol. The zero-order valence-corrected chi connectivity index (χ0v) is 46.0. The van der Waals surface area contributed by atoms with E-state index in [1.54, 1.807) is 24.3 Å². The summed E-state index contributed by atoms with van der Waals surface area (Å²) in [5.74, 6) is 1.86. The fourth-order valence-electron chi connectivity index (χ4n) is 8.10. The number of Topliss-reactive ketones (excluding diaryl/α,β-unsaturated/α-hetero) is 2. The minimum atomic E-state index is -5.24. The largest absolute Gasteiger partial charge is 0.494 e. The van der Waals surface area contributed by atoms with Crippen LogP contribution in [0.4, 0.5) is 15.4 Å². The third kappa shape index (κ3) is 25.7. The number of phosphoric ester groups is 2. The van der Waals surface area contributed by atoms with Crippen LogP contribution in [0.15, 0.2) is 35.3 Å². The van der Waals surface area contributed by atoms with Crippen molar-refractivity contribution < 1.29 is 95.2 Å². The zero-order valence-electron chi connectivity index (χ0n) is 43.4. The molecule has 0 saturated carbocycles. The van der Waals surface area contributed by atoms with E-state index in [2.05, 4.69) is 30.0 Å². The molecule has 3 saturated heterocycles. The van der Waals surface area contributed by atoms with Crippen LogP contribution in [0, 0.1) is 0 Å². The standard InChI is InChI=1S/C30H46N4O17P2.C17H30N2O4S/c1-2-45-15-16-46-14-11-22(35)6-4-13-47-23-9-7-20(8-10-23)18-48-30(38)32-12-3-5-21-17-34(29(37)33-27(21)31)28-25(36)26(51-53(42,43)44)24(50-28)19-49-52(39,40)41;1-2-22-10-11-23-9-5-7-13(20)6-3-4-8-15-16-14(12-24-15)18-17(21)19-16/h7-10,17,24-26,28,36H,2-6,11-16,18-19H2,1H3,(H,32,38)(H2,31,33,37)(H2,39,40,41)(H2,42,43,44);14-16H,2-12H2,1H3,(H2,18,19,21)/t24-,25+,26?,28-;14-,15-,16-/m10/s1. The van der Waals surface area contributed by atoms with Crippen LogP contribution in [0.5, 0.6) is 5.75 Å². The van der Waals surface area contributed by atoms with E-state index in [1.165, 1.54) is 6.20 Å². The van der Waals surface area contributed by atoms with E-state index < -0.39 is 58.6 Å². The van der Waals surface area contributed by atoms with Crippen molar-refractivity contribution in [2.75, 3.05) is 84.1 Å². The number of alkyl carbamates (subject to hydrolysis) is 1. The molecule has 3 fully saturated rings. The van der Waals surface area contributed by atoms with E-state index in [0.717, 1.165) is 36.0 Å². The van der Waals surface area contributed by atoms with Gasteiger partial charge in [0.05, 0.1) is 58.3 Å². The Hall–Kier alpha value is -4.09. The Labute approximate surface area is 451 Å². The van der Waals surface area contributed by atoms with Gasteiger partial charge in [0.2, 0.25) is 0 Å². The number of thioether (sulfide) groups is 1. The second-order valence-electron chi connectivity index (χ2n) is 17.9. The Morgan fingerprint density at radius 1 is 0.831 bits per heavy atom. The van der Waals surface area contributed by atoms with Crippen molar-refractivity contribution in [1.82, 2.24) is 25.5 Å². The van der Waals surface area contributed by atoms with Crippen LogP contribution >= 0.6 is 27.4 Å². The number of ketones is 2. The average molecular weight is 1160 g/mol. The molecule has 0 spiro atoms. The number of urea groups is 1. The van der Waals surface area contributed by atoms with Crippen LogP contribution in [0.3, 0.4) is 0 Å². The van der Waals surface area contributed by atoms with Gasteiger partial charge in [0, 0.05) is 74.8 Å². The van der Waals surface area contributed by atoms with Gasteiger partial charge in [0.15, 0.2) is 6.23 Å². The normalized spacial score (nSPS) is 20.9. The van der Waals surface area contributed by atoms with Gasteiger partial charge in [-0.25, -0.2) is 23.5 Å². The molecule has 77 heavy (non-hydrogen) atoms. The number of nitrogen functional groups attached to an aromatic ring is 1. The summed E-state index contributed by atoms with van der Waals surface area (Å²) in [7, 11) is -10.3. The van der Waals surface area contributed by atoms with E-state index in [9.17, 15) is 48.0 Å². The Balaban J connectivity index is 0.000000442. The first-order valence-corrected chi connectivity index (χ1v) is 29.7. The maximum Gasteiger partial charge on any atom is 0.470 e. The van der Waals surface area contributed by atoms with Crippen molar-refractivity contribution in [1.29, 1.82) is 0 Å². The number of hydrogen-bond donors (Lipinski definition) is 9. The monoisotopic (exact) mass is 1150 g/mol. The first-order chi connectivity index (χ1) is 36.8. The number of rotatable bonds is 37. The maximum absolute atomic E-state index is 12.6. The summed E-state index contributed by atoms with van der Waals surface area (Å²) in [4.78, 5) is 100. The van der Waals surface area contributed by atoms with Crippen LogP contribution in [0.2, 0.25) is 0 Å². The van der Waals surface area contributed by atoms with Gasteiger partial charge in [-0.1, -0.05) is 18.6 Å². The average Bonchev–Trinajstić information content (AvgIpc) is 4.03. The number of nitrogens with zero attached hydrogens (tertiary/aromatic N) is 2. The zero-order chi connectivity index (χ0) is 56.2. The molecular weight excluding hydrogens is 1080 g/mol. The van der Waals surface area contributed by atoms with E-state index >= 15 is 0 Å². The van der Waals surface area contributed by atoms with Crippen molar-refractivity contribution in [2.24, 2.45) is 0 Å². The lowest BCUT2D eigenvalue weighted by atomic mass is 10.0. The number of nitrogens with two attached hydrogens (primary N) is 1. The molecule has 0 aliphatic carbocycles. The highest BCUT2D eigenvalue weighted by Crippen LogP contribution is 2.45. The summed E-state index contributed by atoms with van der Waals surface area (Å²) in [6.07, 6.45) is 0.299. The highest BCUT2D eigenvalue weighted by molar-refractivity contribution is 8.00. The van der Waals surface area contributed by atoms with Crippen molar-refractivity contribution in [3.63, 3.8) is 0 Å². The number of hydrogen-bond acceptors (Lipinski definition) is 20. The number of ether oxygens (including phenoxy) is 7. The first kappa shape index (κ1) is 65.4. The molecular formula is C47H76N6O21P2S. The highest BCUT2D eigenvalue weighted by atomic mass is 32.2. The van der Waals surface area contributed by atoms with Gasteiger partial charge >= 0.3 is 33.5 Å². The minimum Gasteiger partial charge on any atom is -0.494 e. The molecule has 3 aliphatic rings. The maximum atomic E-state index is 12.6. The Kier molecular flexibility index (Phi) is 29.6. The fraction of sp³-hybridized carbons (Fsp3) is 0.702. The summed E-state index contributed by atoms with van der Waals surface area (Å²) in [5.41, 5.74) is 5.87. The number of nitrogens with one attached hydrogen (secondary N) is 3. The van der Waals surface area contributed by atoms with Crippen LogP contribution in [0.1, 0.15) is 95.4 Å². The number of carbonyl (C=O) groups is 4. The number of fused-ring (bicyclic) bond motifs is 1. The smallest absolute Gasteiger partial charge is 0.470 e. The molecule has 5 rings (SSSR count). The quantitative estimate of drug-likeness (QED) is 0.0267. The topological polar surface area (TPSA) is 384 Å². The van der Waals surface area contributed by atoms with Crippen LogP contribution in [-0.2, 0) is 69.2 Å². The molecule has 1 unspecified atom stereocenters. The van der Waals surface area contributed by atoms with Crippen molar-refractivity contribution in [3.05, 3.63) is 52.1 Å². The number of phosphoric acid groups is 2. The van der Waals surface area contributed by atoms with E-state index in [0.29, 0.717) is 114 Å². The summed E-state index contributed by atoms with van der Waals surface area (Å²) < 4.78 is 69.8. The molecule has 10 N–H and O–H groups in total. The van der Waals surface area contributed by atoms with Gasteiger partial charge < -0.3 is 79.5 Å². The number of aryl methyl sites for hydroxylation is 1. The lowest BCUT2D eigenvalue weighted by Crippen LogP contribution is -2.38. The van der Waals surface area contributed by atoms with Crippen LogP contribution in [0.25, 0.3) is 0 Å². The summed E-state index contributed by atoms with van der Waals surface area (Å²) in [6.45, 7) is 7.90. The summed E-state index contributed by atoms with van der Waals surface area (Å²) >= 11 is 1.93. The Bertz CT molecular complexity index is 2280. The molecule has 1 aromatic heterocycles. The molecule has 4 heterocycles. The summed E-state index contributed by atoms with van der Waals surface area (Å²) in [5, 5.41) is 19.8. The van der Waals surface area contributed by atoms with Gasteiger partial charge in [-0.05, 0) is 70.1 Å². The fourth-order valence-corrected chi connectivity index (χ4v) is 10.6. The van der Waals surface area contributed by atoms with E-state index in [1.807, 2.05) is 25.6 Å². The molecule has 436 valence electrons. The minimum absolute atomic E-state index is 0.0221. The van der Waals surface area contributed by atoms with Crippen molar-refractivity contribution in [2.45, 2.75) is 133 Å². The van der Waals surface area contributed by atoms with Gasteiger partial charge in [0.25, 0.3) is 0 Å². The second-order valence-corrected chi connectivity index (χ2v) is 21.6. The van der Waals surface area contributed by atoms with Crippen LogP contribution < -0.4 is 32.1 Å². The number of aromatic nitrogens is 2. The van der Waals surface area contributed by atoms with Crippen molar-refractivity contribution >= 4 is 56.9 Å². The molecule has 0 radical (unpaired) electrons. The van der Waals surface area contributed by atoms with Gasteiger partial charge in [0.1, 0.15) is 48.1 Å². The van der Waals surface area contributed by atoms with Crippen molar-refractivity contribution in [3.8, 4) is 5.75 Å². The van der Waals surface area contributed by atoms with Gasteiger partial charge in [-0.2, -0.15) is 16.7 Å². The highest BCUT2D eigenvalue weighted by Gasteiger charge is 2.49. The summed E-state index contributed by atoms with van der Waals surface area (Å²) in [6, 6.07) is 7.43. The van der Waals surface area contributed by atoms with Crippen LogP contribution in [-0.4, -0.2) is 172 Å². The number of benzene rings is 1.